The van der Waals surface area contributed by atoms with Gasteiger partial charge in [-0.25, -0.2) is 4.79 Å². The van der Waals surface area contributed by atoms with Gasteiger partial charge in [-0.05, 0) is 18.6 Å². The minimum Gasteiger partial charge on any atom is -0.462 e. The number of aliphatic hydroxyl groups excluding tert-OH is 2. The summed E-state index contributed by atoms with van der Waals surface area (Å²) in [6, 6.07) is 8.78. The first-order valence-electron chi connectivity index (χ1n) is 5.66. The molecule has 1 aromatic carbocycles. The molecule has 0 amide bonds. The maximum atomic E-state index is 11.6. The Labute approximate surface area is 99.8 Å². The van der Waals surface area contributed by atoms with E-state index >= 15 is 0 Å². The molecule has 1 saturated carbocycles. The number of hydrogen-bond donors (Lipinski definition) is 2. The van der Waals surface area contributed by atoms with Crippen molar-refractivity contribution in [3.63, 3.8) is 0 Å². The van der Waals surface area contributed by atoms with Crippen molar-refractivity contribution >= 4 is 5.97 Å². The van der Waals surface area contributed by atoms with Gasteiger partial charge in [-0.3, -0.25) is 0 Å². The molecule has 92 valence electrons. The van der Waals surface area contributed by atoms with Crippen LogP contribution in [0.15, 0.2) is 30.3 Å². The minimum absolute atomic E-state index is 0.0585. The molecule has 1 aliphatic carbocycles. The summed E-state index contributed by atoms with van der Waals surface area (Å²) in [4.78, 5) is 11.6. The normalized spacial score (nSPS) is 20.9. The molecule has 1 fully saturated rings. The van der Waals surface area contributed by atoms with Crippen LogP contribution in [0, 0.1) is 11.3 Å². The molecule has 0 heterocycles. The van der Waals surface area contributed by atoms with Crippen molar-refractivity contribution in [1.29, 1.82) is 0 Å². The Morgan fingerprint density at radius 1 is 1.29 bits per heavy atom. The van der Waals surface area contributed by atoms with Crippen LogP contribution in [0.5, 0.6) is 0 Å². The maximum Gasteiger partial charge on any atom is 0.338 e. The van der Waals surface area contributed by atoms with Gasteiger partial charge in [0.15, 0.2) is 0 Å². The second kappa shape index (κ2) is 4.85. The predicted molar refractivity (Wildman–Crippen MR) is 61.4 cm³/mol. The van der Waals surface area contributed by atoms with E-state index in [1.165, 1.54) is 0 Å². The first kappa shape index (κ1) is 12.1. The largest absolute Gasteiger partial charge is 0.462 e. The Morgan fingerprint density at radius 2 is 1.94 bits per heavy atom. The molecule has 0 aliphatic heterocycles. The summed E-state index contributed by atoms with van der Waals surface area (Å²) in [5.41, 5.74) is 0.0866. The molecule has 0 radical (unpaired) electrons. The number of aliphatic hydroxyl groups is 2. The molecule has 17 heavy (non-hydrogen) atoms. The number of rotatable bonds is 5. The molecule has 2 rings (SSSR count). The molecule has 0 aromatic heterocycles. The van der Waals surface area contributed by atoms with E-state index in [-0.39, 0.29) is 31.7 Å². The van der Waals surface area contributed by atoms with Crippen molar-refractivity contribution in [2.24, 2.45) is 11.3 Å². The van der Waals surface area contributed by atoms with E-state index < -0.39 is 5.41 Å². The maximum absolute atomic E-state index is 11.6. The zero-order valence-corrected chi connectivity index (χ0v) is 9.50. The zero-order valence-electron chi connectivity index (χ0n) is 9.50. The van der Waals surface area contributed by atoms with Crippen LogP contribution in [-0.4, -0.2) is 36.0 Å². The first-order valence-corrected chi connectivity index (χ1v) is 5.66. The van der Waals surface area contributed by atoms with Crippen LogP contribution in [-0.2, 0) is 4.74 Å². The van der Waals surface area contributed by atoms with E-state index in [4.69, 9.17) is 14.9 Å². The summed E-state index contributed by atoms with van der Waals surface area (Å²) in [6.45, 7) is 0.142. The molecule has 1 aromatic rings. The molecule has 0 bridgehead atoms. The second-order valence-corrected chi connectivity index (χ2v) is 4.54. The predicted octanol–water partition coefficient (Wildman–Crippen LogP) is 0.834. The van der Waals surface area contributed by atoms with Gasteiger partial charge in [0, 0.05) is 11.3 Å². The number of carbonyl (C=O) groups is 1. The summed E-state index contributed by atoms with van der Waals surface area (Å²) in [5.74, 6) is -0.285. The Morgan fingerprint density at radius 3 is 2.47 bits per heavy atom. The van der Waals surface area contributed by atoms with E-state index in [0.717, 1.165) is 0 Å². The van der Waals surface area contributed by atoms with Gasteiger partial charge < -0.3 is 14.9 Å². The summed E-state index contributed by atoms with van der Waals surface area (Å²) in [6.07, 6.45) is 0.710. The molecule has 4 nitrogen and oxygen atoms in total. The lowest BCUT2D eigenvalue weighted by Gasteiger charge is -2.10. The molecular weight excluding hydrogens is 220 g/mol. The Bertz CT molecular complexity index is 384. The SMILES string of the molecule is O=C(OCC1CC1(CO)CO)c1ccccc1. The molecule has 0 saturated heterocycles. The third kappa shape index (κ3) is 2.48. The van der Waals surface area contributed by atoms with Crippen molar-refractivity contribution in [2.45, 2.75) is 6.42 Å². The van der Waals surface area contributed by atoms with E-state index in [2.05, 4.69) is 0 Å². The number of esters is 1. The topological polar surface area (TPSA) is 66.8 Å². The highest BCUT2D eigenvalue weighted by molar-refractivity contribution is 5.89. The third-order valence-electron chi connectivity index (χ3n) is 3.41. The third-order valence-corrected chi connectivity index (χ3v) is 3.41. The van der Waals surface area contributed by atoms with Crippen molar-refractivity contribution in [3.8, 4) is 0 Å². The number of carbonyl (C=O) groups excluding carboxylic acids is 1. The lowest BCUT2D eigenvalue weighted by Crippen LogP contribution is -2.18. The number of benzene rings is 1. The van der Waals surface area contributed by atoms with E-state index in [0.29, 0.717) is 12.0 Å². The fourth-order valence-electron chi connectivity index (χ4n) is 1.94. The van der Waals surface area contributed by atoms with Gasteiger partial charge in [-0.2, -0.15) is 0 Å². The van der Waals surface area contributed by atoms with Crippen molar-refractivity contribution in [2.75, 3.05) is 19.8 Å². The highest BCUT2D eigenvalue weighted by Crippen LogP contribution is 2.51. The van der Waals surface area contributed by atoms with Crippen LogP contribution >= 0.6 is 0 Å². The summed E-state index contributed by atoms with van der Waals surface area (Å²) >= 11 is 0. The molecule has 1 unspecified atom stereocenters. The number of ether oxygens (including phenoxy) is 1. The lowest BCUT2D eigenvalue weighted by molar-refractivity contribution is 0.0425. The van der Waals surface area contributed by atoms with Crippen LogP contribution in [0.1, 0.15) is 16.8 Å². The van der Waals surface area contributed by atoms with E-state index in [1.54, 1.807) is 24.3 Å². The van der Waals surface area contributed by atoms with E-state index in [9.17, 15) is 4.79 Å². The molecule has 0 spiro atoms. The quantitative estimate of drug-likeness (QED) is 0.743. The van der Waals surface area contributed by atoms with Crippen molar-refractivity contribution in [3.05, 3.63) is 35.9 Å². The lowest BCUT2D eigenvalue weighted by atomic mass is 10.1. The summed E-state index contributed by atoms with van der Waals surface area (Å²) in [5, 5.41) is 18.2. The minimum atomic E-state index is -0.434. The Balaban J connectivity index is 1.83. The van der Waals surface area contributed by atoms with Gasteiger partial charge in [-0.1, -0.05) is 18.2 Å². The monoisotopic (exact) mass is 236 g/mol. The van der Waals surface area contributed by atoms with Crippen molar-refractivity contribution < 1.29 is 19.7 Å². The standard InChI is InChI=1S/C13H16O4/c14-8-13(9-15)6-11(13)7-17-12(16)10-4-2-1-3-5-10/h1-5,11,14-15H,6-9H2. The average Bonchev–Trinajstić information content (AvgIpc) is 3.11. The summed E-state index contributed by atoms with van der Waals surface area (Å²) in [7, 11) is 0. The van der Waals surface area contributed by atoms with Crippen LogP contribution in [0.3, 0.4) is 0 Å². The summed E-state index contributed by atoms with van der Waals surface area (Å²) < 4.78 is 5.15. The van der Waals surface area contributed by atoms with Crippen LogP contribution in [0.25, 0.3) is 0 Å². The smallest absolute Gasteiger partial charge is 0.338 e. The average molecular weight is 236 g/mol. The molecule has 1 aliphatic rings. The fourth-order valence-corrected chi connectivity index (χ4v) is 1.94. The number of hydrogen-bond acceptors (Lipinski definition) is 4. The van der Waals surface area contributed by atoms with Gasteiger partial charge in [0.2, 0.25) is 0 Å². The Hall–Kier alpha value is -1.39. The van der Waals surface area contributed by atoms with E-state index in [1.807, 2.05) is 6.07 Å². The van der Waals surface area contributed by atoms with Gasteiger partial charge in [0.1, 0.15) is 0 Å². The molecular formula is C13H16O4. The highest BCUT2D eigenvalue weighted by atomic mass is 16.5. The highest BCUT2D eigenvalue weighted by Gasteiger charge is 2.53. The van der Waals surface area contributed by atoms with Gasteiger partial charge in [-0.15, -0.1) is 0 Å². The Kier molecular flexibility index (Phi) is 3.45. The van der Waals surface area contributed by atoms with Crippen LogP contribution in [0.4, 0.5) is 0 Å². The first-order chi connectivity index (χ1) is 8.22. The van der Waals surface area contributed by atoms with Crippen LogP contribution in [0.2, 0.25) is 0 Å². The molecule has 1 atom stereocenters. The van der Waals surface area contributed by atoms with Crippen LogP contribution < -0.4 is 0 Å². The van der Waals surface area contributed by atoms with Crippen molar-refractivity contribution in [1.82, 2.24) is 0 Å². The molecule has 2 N–H and O–H groups in total. The molecule has 4 heteroatoms. The fraction of sp³-hybridized carbons (Fsp3) is 0.462. The van der Waals surface area contributed by atoms with Gasteiger partial charge in [0.05, 0.1) is 25.4 Å². The van der Waals surface area contributed by atoms with Gasteiger partial charge in [0.25, 0.3) is 0 Å². The zero-order chi connectivity index (χ0) is 12.3. The van der Waals surface area contributed by atoms with Gasteiger partial charge >= 0.3 is 5.97 Å². The second-order valence-electron chi connectivity index (χ2n) is 4.54.